The molecule has 1 aromatic heterocycles. The number of nitrogens with zero attached hydrogens (tertiary/aromatic N) is 1. The maximum atomic E-state index is 12.1. The van der Waals surface area contributed by atoms with Gasteiger partial charge in [0.15, 0.2) is 0 Å². The van der Waals surface area contributed by atoms with Crippen LogP contribution in [0.4, 0.5) is 0 Å². The third-order valence-electron chi connectivity index (χ3n) is 3.09. The summed E-state index contributed by atoms with van der Waals surface area (Å²) in [5, 5.41) is 3.26. The molecule has 2 N–H and O–H groups in total. The molecule has 7 heteroatoms. The number of hydrogen-bond acceptors (Lipinski definition) is 4. The Morgan fingerprint density at radius 3 is 2.75 bits per heavy atom. The highest BCUT2D eigenvalue weighted by Gasteiger charge is 2.18. The Morgan fingerprint density at radius 2 is 2.15 bits per heavy atom. The number of aryl methyl sites for hydroxylation is 1. The zero-order chi connectivity index (χ0) is 15.2. The van der Waals surface area contributed by atoms with Crippen molar-refractivity contribution in [1.82, 2.24) is 14.6 Å². The van der Waals surface area contributed by atoms with Crippen LogP contribution < -0.4 is 10.0 Å². The average molecular weight is 303 g/mol. The summed E-state index contributed by atoms with van der Waals surface area (Å²) in [6.07, 6.45) is 2.52. The van der Waals surface area contributed by atoms with Crippen LogP contribution in [0.5, 0.6) is 0 Å². The van der Waals surface area contributed by atoms with Crippen molar-refractivity contribution >= 4 is 10.0 Å². The molecule has 0 aliphatic carbocycles. The summed E-state index contributed by atoms with van der Waals surface area (Å²) in [6, 6.07) is 1.70. The van der Waals surface area contributed by atoms with E-state index >= 15 is 0 Å². The van der Waals surface area contributed by atoms with Crippen LogP contribution in [0.3, 0.4) is 0 Å². The summed E-state index contributed by atoms with van der Waals surface area (Å²) in [5.41, 5.74) is 0.943. The van der Waals surface area contributed by atoms with E-state index in [2.05, 4.69) is 17.0 Å². The summed E-state index contributed by atoms with van der Waals surface area (Å²) in [4.78, 5) is 0.289. The van der Waals surface area contributed by atoms with Crippen molar-refractivity contribution < 1.29 is 13.2 Å². The quantitative estimate of drug-likeness (QED) is 0.663. The van der Waals surface area contributed by atoms with Crippen molar-refractivity contribution in [3.63, 3.8) is 0 Å². The van der Waals surface area contributed by atoms with E-state index in [0.29, 0.717) is 6.54 Å². The molecule has 0 radical (unpaired) electrons. The van der Waals surface area contributed by atoms with Gasteiger partial charge in [-0.25, -0.2) is 13.1 Å². The third kappa shape index (κ3) is 4.90. The van der Waals surface area contributed by atoms with Crippen molar-refractivity contribution in [2.45, 2.75) is 37.8 Å². The number of aromatic nitrogens is 1. The number of ether oxygens (including phenoxy) is 1. The van der Waals surface area contributed by atoms with Crippen molar-refractivity contribution in [1.29, 1.82) is 0 Å². The molecule has 1 atom stereocenters. The smallest absolute Gasteiger partial charge is 0.242 e. The summed E-state index contributed by atoms with van der Waals surface area (Å²) in [5.74, 6) is 0. The first-order valence-electron chi connectivity index (χ1n) is 6.79. The van der Waals surface area contributed by atoms with E-state index in [1.54, 1.807) is 19.4 Å². The number of nitrogens with one attached hydrogen (secondary N) is 2. The molecule has 0 saturated heterocycles. The molecule has 116 valence electrons. The van der Waals surface area contributed by atoms with Gasteiger partial charge in [0.1, 0.15) is 0 Å². The fraction of sp³-hybridized carbons (Fsp3) is 0.692. The molecule has 0 bridgehead atoms. The highest BCUT2D eigenvalue weighted by molar-refractivity contribution is 7.89. The lowest BCUT2D eigenvalue weighted by atomic mass is 10.4. The van der Waals surface area contributed by atoms with Crippen molar-refractivity contribution in [2.24, 2.45) is 7.05 Å². The Labute approximate surface area is 121 Å². The lowest BCUT2D eigenvalue weighted by Crippen LogP contribution is -2.31. The van der Waals surface area contributed by atoms with Crippen LogP contribution in [-0.4, -0.2) is 39.3 Å². The molecular formula is C13H25N3O3S. The van der Waals surface area contributed by atoms with Crippen LogP contribution in [0.25, 0.3) is 0 Å². The second-order valence-corrected chi connectivity index (χ2v) is 6.62. The monoisotopic (exact) mass is 303 g/mol. The standard InChI is InChI=1S/C13H25N3O3S/c1-5-6-14-9-12-7-13(10-16(12)3)20(17,18)15-8-11(2)19-4/h7,10-11,14-15H,5-6,8-9H2,1-4H3. The Balaban J connectivity index is 2.73. The second-order valence-electron chi connectivity index (χ2n) is 4.85. The highest BCUT2D eigenvalue weighted by atomic mass is 32.2. The molecule has 20 heavy (non-hydrogen) atoms. The minimum Gasteiger partial charge on any atom is -0.380 e. The summed E-state index contributed by atoms with van der Waals surface area (Å²) < 4.78 is 33.7. The maximum Gasteiger partial charge on any atom is 0.242 e. The lowest BCUT2D eigenvalue weighted by Gasteiger charge is -2.10. The van der Waals surface area contributed by atoms with Gasteiger partial charge in [-0.2, -0.15) is 0 Å². The van der Waals surface area contributed by atoms with Gasteiger partial charge in [0.25, 0.3) is 0 Å². The Bertz CT molecular complexity index is 511. The molecule has 6 nitrogen and oxygen atoms in total. The normalized spacial score (nSPS) is 13.6. The number of hydrogen-bond donors (Lipinski definition) is 2. The Morgan fingerprint density at radius 1 is 1.45 bits per heavy atom. The van der Waals surface area contributed by atoms with E-state index < -0.39 is 10.0 Å². The number of methoxy groups -OCH3 is 1. The minimum atomic E-state index is -3.48. The van der Waals surface area contributed by atoms with E-state index in [0.717, 1.165) is 18.7 Å². The van der Waals surface area contributed by atoms with Crippen molar-refractivity contribution in [3.05, 3.63) is 18.0 Å². The van der Waals surface area contributed by atoms with E-state index in [1.807, 2.05) is 18.5 Å². The van der Waals surface area contributed by atoms with Crippen LogP contribution in [0, 0.1) is 0 Å². The largest absolute Gasteiger partial charge is 0.380 e. The summed E-state index contributed by atoms with van der Waals surface area (Å²) in [7, 11) is -0.0748. The molecule has 0 aliphatic rings. The van der Waals surface area contributed by atoms with Crippen LogP contribution in [0.1, 0.15) is 26.0 Å². The summed E-state index contributed by atoms with van der Waals surface area (Å²) >= 11 is 0. The second kappa shape index (κ2) is 7.78. The lowest BCUT2D eigenvalue weighted by molar-refractivity contribution is 0.122. The molecule has 0 aromatic carbocycles. The Hall–Kier alpha value is -0.890. The van der Waals surface area contributed by atoms with Gasteiger partial charge in [-0.1, -0.05) is 6.92 Å². The molecule has 1 unspecified atom stereocenters. The number of rotatable bonds is 9. The van der Waals surface area contributed by atoms with Gasteiger partial charge in [-0.3, -0.25) is 0 Å². The maximum absolute atomic E-state index is 12.1. The van der Waals surface area contributed by atoms with Crippen LogP contribution in [0.15, 0.2) is 17.2 Å². The molecule has 1 heterocycles. The molecule has 0 fully saturated rings. The SMILES string of the molecule is CCCNCc1cc(S(=O)(=O)NCC(C)OC)cn1C. The van der Waals surface area contributed by atoms with Gasteiger partial charge in [0, 0.05) is 39.1 Å². The molecule has 0 spiro atoms. The van der Waals surface area contributed by atoms with Crippen molar-refractivity contribution in [2.75, 3.05) is 20.2 Å². The van der Waals surface area contributed by atoms with Gasteiger partial charge in [0.05, 0.1) is 11.0 Å². The van der Waals surface area contributed by atoms with Crippen LogP contribution in [-0.2, 0) is 28.4 Å². The first kappa shape index (κ1) is 17.2. The zero-order valence-electron chi connectivity index (χ0n) is 12.6. The fourth-order valence-electron chi connectivity index (χ4n) is 1.69. The van der Waals surface area contributed by atoms with Gasteiger partial charge < -0.3 is 14.6 Å². The summed E-state index contributed by atoms with van der Waals surface area (Å²) in [6.45, 7) is 5.74. The first-order valence-corrected chi connectivity index (χ1v) is 8.27. The topological polar surface area (TPSA) is 72.4 Å². The predicted octanol–water partition coefficient (Wildman–Crippen LogP) is 0.838. The van der Waals surface area contributed by atoms with Crippen LogP contribution >= 0.6 is 0 Å². The van der Waals surface area contributed by atoms with Gasteiger partial charge in [0.2, 0.25) is 10.0 Å². The fourth-order valence-corrected chi connectivity index (χ4v) is 2.90. The zero-order valence-corrected chi connectivity index (χ0v) is 13.5. The van der Waals surface area contributed by atoms with Gasteiger partial charge in [-0.15, -0.1) is 0 Å². The molecule has 1 aromatic rings. The Kier molecular flexibility index (Phi) is 6.67. The molecule has 0 saturated carbocycles. The highest BCUT2D eigenvalue weighted by Crippen LogP contribution is 2.13. The minimum absolute atomic E-state index is 0.154. The molecular weight excluding hydrogens is 278 g/mol. The predicted molar refractivity (Wildman–Crippen MR) is 79.1 cm³/mol. The van der Waals surface area contributed by atoms with Gasteiger partial charge in [-0.05, 0) is 26.0 Å². The van der Waals surface area contributed by atoms with E-state index in [4.69, 9.17) is 4.74 Å². The third-order valence-corrected chi connectivity index (χ3v) is 4.48. The first-order chi connectivity index (χ1) is 9.40. The molecule has 0 amide bonds. The van der Waals surface area contributed by atoms with E-state index in [9.17, 15) is 8.42 Å². The van der Waals surface area contributed by atoms with Crippen LogP contribution in [0.2, 0.25) is 0 Å². The number of sulfonamides is 1. The van der Waals surface area contributed by atoms with Crippen molar-refractivity contribution in [3.8, 4) is 0 Å². The van der Waals surface area contributed by atoms with Gasteiger partial charge >= 0.3 is 0 Å². The van der Waals surface area contributed by atoms with E-state index in [1.165, 1.54) is 0 Å². The molecule has 1 rings (SSSR count). The average Bonchev–Trinajstić information content (AvgIpc) is 2.79. The molecule has 0 aliphatic heterocycles. The van der Waals surface area contributed by atoms with E-state index in [-0.39, 0.29) is 17.5 Å².